The van der Waals surface area contributed by atoms with E-state index in [1.54, 1.807) is 0 Å². The molecule has 0 aromatic heterocycles. The maximum absolute atomic E-state index is 10.3. The molecule has 0 heterocycles. The van der Waals surface area contributed by atoms with Gasteiger partial charge in [-0.15, -0.1) is 0 Å². The molecule has 3 N–H and O–H groups in total. The molecule has 1 saturated carbocycles. The standard InChI is InChI=1S/C14H20BrNO/c15-11-6-7-13(16)12(9-11)14(17)8-10-4-2-1-3-5-10/h6-7,9-10,14,17H,1-5,8,16H2. The molecule has 1 fully saturated rings. The molecule has 0 aliphatic heterocycles. The maximum Gasteiger partial charge on any atom is 0.0813 e. The van der Waals surface area contributed by atoms with Gasteiger partial charge in [-0.1, -0.05) is 48.0 Å². The Morgan fingerprint density at radius 1 is 1.29 bits per heavy atom. The number of rotatable bonds is 3. The van der Waals surface area contributed by atoms with E-state index in [0.29, 0.717) is 11.6 Å². The van der Waals surface area contributed by atoms with Crippen molar-refractivity contribution in [2.45, 2.75) is 44.6 Å². The van der Waals surface area contributed by atoms with Crippen molar-refractivity contribution >= 4 is 21.6 Å². The summed E-state index contributed by atoms with van der Waals surface area (Å²) in [6, 6.07) is 5.69. The minimum Gasteiger partial charge on any atom is -0.398 e. The zero-order valence-corrected chi connectivity index (χ0v) is 11.6. The van der Waals surface area contributed by atoms with Crippen LogP contribution in [0, 0.1) is 5.92 Å². The number of nitrogens with two attached hydrogens (primary N) is 1. The van der Waals surface area contributed by atoms with E-state index in [0.717, 1.165) is 16.5 Å². The van der Waals surface area contributed by atoms with Gasteiger partial charge in [-0.2, -0.15) is 0 Å². The number of aliphatic hydroxyl groups excluding tert-OH is 1. The van der Waals surface area contributed by atoms with Gasteiger partial charge in [-0.05, 0) is 30.5 Å². The van der Waals surface area contributed by atoms with Crippen molar-refractivity contribution in [3.63, 3.8) is 0 Å². The highest BCUT2D eigenvalue weighted by Gasteiger charge is 2.19. The molecule has 94 valence electrons. The quantitative estimate of drug-likeness (QED) is 0.827. The minimum atomic E-state index is -0.421. The third-order valence-corrected chi connectivity index (χ3v) is 4.18. The Morgan fingerprint density at radius 2 is 2.00 bits per heavy atom. The van der Waals surface area contributed by atoms with Crippen LogP contribution in [0.3, 0.4) is 0 Å². The average Bonchev–Trinajstić information content (AvgIpc) is 2.33. The van der Waals surface area contributed by atoms with Gasteiger partial charge in [-0.3, -0.25) is 0 Å². The molecule has 1 aromatic carbocycles. The van der Waals surface area contributed by atoms with Crippen LogP contribution in [0.1, 0.15) is 50.2 Å². The number of hydrogen-bond acceptors (Lipinski definition) is 2. The van der Waals surface area contributed by atoms with Crippen LogP contribution >= 0.6 is 15.9 Å². The normalized spacial score (nSPS) is 19.2. The molecule has 0 amide bonds. The van der Waals surface area contributed by atoms with Crippen LogP contribution in [0.2, 0.25) is 0 Å². The van der Waals surface area contributed by atoms with Crippen LogP contribution in [0.5, 0.6) is 0 Å². The first-order valence-corrected chi connectivity index (χ1v) is 7.19. The largest absolute Gasteiger partial charge is 0.398 e. The summed E-state index contributed by atoms with van der Waals surface area (Å²) in [5.74, 6) is 0.664. The summed E-state index contributed by atoms with van der Waals surface area (Å²) in [4.78, 5) is 0. The molecule has 1 aromatic rings. The van der Waals surface area contributed by atoms with Gasteiger partial charge in [0.15, 0.2) is 0 Å². The van der Waals surface area contributed by atoms with Gasteiger partial charge in [0.25, 0.3) is 0 Å². The smallest absolute Gasteiger partial charge is 0.0813 e. The Morgan fingerprint density at radius 3 is 2.71 bits per heavy atom. The minimum absolute atomic E-state index is 0.421. The van der Waals surface area contributed by atoms with Gasteiger partial charge in [-0.25, -0.2) is 0 Å². The molecule has 1 aliphatic rings. The van der Waals surface area contributed by atoms with Crippen molar-refractivity contribution in [1.29, 1.82) is 0 Å². The molecule has 2 nitrogen and oxygen atoms in total. The first kappa shape index (κ1) is 12.9. The predicted molar refractivity (Wildman–Crippen MR) is 74.7 cm³/mol. The van der Waals surface area contributed by atoms with Crippen molar-refractivity contribution in [2.24, 2.45) is 5.92 Å². The molecule has 3 heteroatoms. The summed E-state index contributed by atoms with van der Waals surface area (Å²) >= 11 is 3.42. The van der Waals surface area contributed by atoms with Gasteiger partial charge in [0.1, 0.15) is 0 Å². The van der Waals surface area contributed by atoms with Crippen molar-refractivity contribution in [1.82, 2.24) is 0 Å². The fourth-order valence-corrected chi connectivity index (χ4v) is 3.08. The van der Waals surface area contributed by atoms with E-state index in [-0.39, 0.29) is 0 Å². The van der Waals surface area contributed by atoms with Crippen LogP contribution in [-0.2, 0) is 0 Å². The molecule has 1 unspecified atom stereocenters. The lowest BCUT2D eigenvalue weighted by Crippen LogP contribution is -2.12. The molecule has 0 spiro atoms. The Balaban J connectivity index is 2.02. The van der Waals surface area contributed by atoms with Gasteiger partial charge in [0, 0.05) is 15.7 Å². The second-order valence-corrected chi connectivity index (χ2v) is 5.94. The van der Waals surface area contributed by atoms with Crippen molar-refractivity contribution in [3.8, 4) is 0 Å². The summed E-state index contributed by atoms with van der Waals surface area (Å²) in [5, 5.41) is 10.3. The predicted octanol–water partition coefficient (Wildman–Crippen LogP) is 4.04. The lowest BCUT2D eigenvalue weighted by atomic mass is 9.84. The summed E-state index contributed by atoms with van der Waals surface area (Å²) in [7, 11) is 0. The van der Waals surface area contributed by atoms with E-state index in [4.69, 9.17) is 5.73 Å². The molecular formula is C14H20BrNO. The Kier molecular flexibility index (Phi) is 4.46. The summed E-state index contributed by atoms with van der Waals surface area (Å²) in [6.45, 7) is 0. The third-order valence-electron chi connectivity index (χ3n) is 3.69. The van der Waals surface area contributed by atoms with E-state index in [1.807, 2.05) is 18.2 Å². The number of anilines is 1. The lowest BCUT2D eigenvalue weighted by molar-refractivity contribution is 0.132. The molecule has 1 atom stereocenters. The first-order valence-electron chi connectivity index (χ1n) is 6.40. The van der Waals surface area contributed by atoms with Gasteiger partial charge in [0.05, 0.1) is 6.10 Å². The molecule has 0 bridgehead atoms. The second-order valence-electron chi connectivity index (χ2n) is 5.03. The topological polar surface area (TPSA) is 46.2 Å². The Hall–Kier alpha value is -0.540. The number of aliphatic hydroxyl groups is 1. The van der Waals surface area contributed by atoms with E-state index in [9.17, 15) is 5.11 Å². The second kappa shape index (κ2) is 5.87. The van der Waals surface area contributed by atoms with Crippen molar-refractivity contribution in [2.75, 3.05) is 5.73 Å². The molecular weight excluding hydrogens is 278 g/mol. The van der Waals surface area contributed by atoms with Gasteiger partial charge < -0.3 is 10.8 Å². The van der Waals surface area contributed by atoms with Gasteiger partial charge in [0.2, 0.25) is 0 Å². The SMILES string of the molecule is Nc1ccc(Br)cc1C(O)CC1CCCCC1. The number of halogens is 1. The number of nitrogen functional groups attached to an aromatic ring is 1. The number of hydrogen-bond donors (Lipinski definition) is 2. The van der Waals surface area contributed by atoms with E-state index < -0.39 is 6.10 Å². The first-order chi connectivity index (χ1) is 8.16. The fourth-order valence-electron chi connectivity index (χ4n) is 2.70. The van der Waals surface area contributed by atoms with Gasteiger partial charge >= 0.3 is 0 Å². The zero-order valence-electron chi connectivity index (χ0n) is 10.0. The highest BCUT2D eigenvalue weighted by molar-refractivity contribution is 9.10. The highest BCUT2D eigenvalue weighted by atomic mass is 79.9. The third kappa shape index (κ3) is 3.46. The molecule has 0 saturated heterocycles. The van der Waals surface area contributed by atoms with Crippen LogP contribution in [0.15, 0.2) is 22.7 Å². The van der Waals surface area contributed by atoms with Crippen LogP contribution in [-0.4, -0.2) is 5.11 Å². The highest BCUT2D eigenvalue weighted by Crippen LogP contribution is 2.34. The Bertz CT molecular complexity index is 374. The Labute approximate surface area is 111 Å². The summed E-state index contributed by atoms with van der Waals surface area (Å²) in [6.07, 6.45) is 6.91. The summed E-state index contributed by atoms with van der Waals surface area (Å²) < 4.78 is 0.976. The van der Waals surface area contributed by atoms with Crippen molar-refractivity contribution in [3.05, 3.63) is 28.2 Å². The zero-order chi connectivity index (χ0) is 12.3. The lowest BCUT2D eigenvalue weighted by Gasteiger charge is -2.24. The van der Waals surface area contributed by atoms with Crippen LogP contribution < -0.4 is 5.73 Å². The maximum atomic E-state index is 10.3. The molecule has 2 rings (SSSR count). The summed E-state index contributed by atoms with van der Waals surface area (Å²) in [5.41, 5.74) is 7.47. The molecule has 1 aliphatic carbocycles. The van der Waals surface area contributed by atoms with E-state index in [2.05, 4.69) is 15.9 Å². The molecule has 0 radical (unpaired) electrons. The number of benzene rings is 1. The van der Waals surface area contributed by atoms with E-state index in [1.165, 1.54) is 32.1 Å². The molecule has 17 heavy (non-hydrogen) atoms. The van der Waals surface area contributed by atoms with Crippen molar-refractivity contribution < 1.29 is 5.11 Å². The van der Waals surface area contributed by atoms with Crippen LogP contribution in [0.25, 0.3) is 0 Å². The van der Waals surface area contributed by atoms with E-state index >= 15 is 0 Å². The fraction of sp³-hybridized carbons (Fsp3) is 0.571. The monoisotopic (exact) mass is 297 g/mol. The average molecular weight is 298 g/mol. The van der Waals surface area contributed by atoms with Crippen LogP contribution in [0.4, 0.5) is 5.69 Å².